The van der Waals surface area contributed by atoms with Gasteiger partial charge in [0.2, 0.25) is 11.0 Å². The summed E-state index contributed by atoms with van der Waals surface area (Å²) in [6.07, 6.45) is 0.226. The SMILES string of the molecule is Cc1ccc2nc(-n3nc(C)c4c3NC(=O)C[C@H]4c3ccc(F)cc3Cl)sc2c1. The van der Waals surface area contributed by atoms with Crippen molar-refractivity contribution in [3.8, 4) is 5.13 Å². The quantitative estimate of drug-likeness (QED) is 0.469. The van der Waals surface area contributed by atoms with Crippen LogP contribution < -0.4 is 5.32 Å². The molecule has 146 valence electrons. The average molecular weight is 427 g/mol. The molecule has 8 heteroatoms. The van der Waals surface area contributed by atoms with Gasteiger partial charge in [-0.2, -0.15) is 9.78 Å². The number of hydrogen-bond donors (Lipinski definition) is 1. The van der Waals surface area contributed by atoms with Gasteiger partial charge in [0.05, 0.1) is 15.9 Å². The highest BCUT2D eigenvalue weighted by Crippen LogP contribution is 2.43. The fraction of sp³-hybridized carbons (Fsp3) is 0.190. The number of rotatable bonds is 2. The molecule has 0 bridgehead atoms. The Bertz CT molecular complexity index is 1300. The molecule has 2 aromatic carbocycles. The first-order chi connectivity index (χ1) is 13.9. The first-order valence-corrected chi connectivity index (χ1v) is 10.3. The molecule has 0 radical (unpaired) electrons. The monoisotopic (exact) mass is 426 g/mol. The van der Waals surface area contributed by atoms with Gasteiger partial charge in [-0.3, -0.25) is 4.79 Å². The number of nitrogens with one attached hydrogen (secondary N) is 1. The number of carbonyl (C=O) groups excluding carboxylic acids is 1. The molecule has 0 saturated heterocycles. The highest BCUT2D eigenvalue weighted by Gasteiger charge is 2.34. The first kappa shape index (κ1) is 18.3. The van der Waals surface area contributed by atoms with Gasteiger partial charge in [0, 0.05) is 22.9 Å². The summed E-state index contributed by atoms with van der Waals surface area (Å²) in [5.41, 5.74) is 4.42. The lowest BCUT2D eigenvalue weighted by molar-refractivity contribution is -0.116. The molecular formula is C21H16ClFN4OS. The zero-order valence-corrected chi connectivity index (χ0v) is 17.2. The lowest BCUT2D eigenvalue weighted by atomic mass is 9.86. The third kappa shape index (κ3) is 3.01. The van der Waals surface area contributed by atoms with E-state index in [4.69, 9.17) is 11.6 Å². The Morgan fingerprint density at radius 3 is 2.86 bits per heavy atom. The van der Waals surface area contributed by atoms with Crippen molar-refractivity contribution in [1.29, 1.82) is 0 Å². The number of carbonyl (C=O) groups is 1. The molecule has 0 fully saturated rings. The van der Waals surface area contributed by atoms with Crippen molar-refractivity contribution in [2.45, 2.75) is 26.2 Å². The second kappa shape index (κ2) is 6.64. The summed E-state index contributed by atoms with van der Waals surface area (Å²) in [5, 5.41) is 8.60. The standard InChI is InChI=1S/C21H16ClFN4OS/c1-10-3-6-16-17(7-10)29-21(24-16)27-20-19(11(2)26-27)14(9-18(28)25-20)13-5-4-12(23)8-15(13)22/h3-8,14H,9H2,1-2H3,(H,25,28)/t14-/m0/s1. The van der Waals surface area contributed by atoms with Crippen LogP contribution in [0.15, 0.2) is 36.4 Å². The Balaban J connectivity index is 1.68. The van der Waals surface area contributed by atoms with Crippen molar-refractivity contribution >= 4 is 44.9 Å². The van der Waals surface area contributed by atoms with Crippen LogP contribution in [0.2, 0.25) is 5.02 Å². The number of hydrogen-bond acceptors (Lipinski definition) is 4. The van der Waals surface area contributed by atoms with Crippen LogP contribution in [0.4, 0.5) is 10.2 Å². The number of nitrogens with zero attached hydrogens (tertiary/aromatic N) is 3. The number of aryl methyl sites for hydroxylation is 2. The maximum atomic E-state index is 13.5. The van der Waals surface area contributed by atoms with Crippen molar-refractivity contribution in [2.75, 3.05) is 5.32 Å². The normalized spacial score (nSPS) is 16.1. The minimum absolute atomic E-state index is 0.138. The van der Waals surface area contributed by atoms with Gasteiger partial charge in [0.15, 0.2) is 0 Å². The Morgan fingerprint density at radius 1 is 1.24 bits per heavy atom. The lowest BCUT2D eigenvalue weighted by Gasteiger charge is -2.24. The number of benzene rings is 2. The fourth-order valence-corrected chi connectivity index (χ4v) is 5.17. The molecule has 1 atom stereocenters. The molecule has 0 aliphatic carbocycles. The summed E-state index contributed by atoms with van der Waals surface area (Å²) in [6, 6.07) is 10.4. The molecule has 1 N–H and O–H groups in total. The van der Waals surface area contributed by atoms with E-state index in [0.717, 1.165) is 27.0 Å². The zero-order chi connectivity index (χ0) is 20.3. The molecule has 0 saturated carbocycles. The number of aromatic nitrogens is 3. The summed E-state index contributed by atoms with van der Waals surface area (Å²) in [7, 11) is 0. The molecule has 5 rings (SSSR count). The first-order valence-electron chi connectivity index (χ1n) is 9.12. The van der Waals surface area contributed by atoms with Gasteiger partial charge >= 0.3 is 0 Å². The Morgan fingerprint density at radius 2 is 2.07 bits per heavy atom. The molecule has 3 heterocycles. The van der Waals surface area contributed by atoms with Crippen LogP contribution in [-0.4, -0.2) is 20.7 Å². The minimum atomic E-state index is -0.406. The molecule has 1 aliphatic rings. The van der Waals surface area contributed by atoms with Gasteiger partial charge in [0.1, 0.15) is 11.6 Å². The summed E-state index contributed by atoms with van der Waals surface area (Å²) >= 11 is 7.83. The third-order valence-corrected chi connectivity index (χ3v) is 6.48. The topological polar surface area (TPSA) is 59.8 Å². The van der Waals surface area contributed by atoms with Gasteiger partial charge in [-0.05, 0) is 49.2 Å². The number of fused-ring (bicyclic) bond motifs is 2. The van der Waals surface area contributed by atoms with E-state index in [2.05, 4.69) is 21.5 Å². The van der Waals surface area contributed by atoms with E-state index >= 15 is 0 Å². The minimum Gasteiger partial charge on any atom is -0.310 e. The van der Waals surface area contributed by atoms with Crippen LogP contribution in [0, 0.1) is 19.7 Å². The van der Waals surface area contributed by atoms with Crippen LogP contribution in [0.25, 0.3) is 15.3 Å². The maximum absolute atomic E-state index is 13.5. The van der Waals surface area contributed by atoms with Gasteiger partial charge < -0.3 is 5.32 Å². The third-order valence-electron chi connectivity index (χ3n) is 5.15. The van der Waals surface area contributed by atoms with Gasteiger partial charge in [-0.15, -0.1) is 0 Å². The maximum Gasteiger partial charge on any atom is 0.226 e. The van der Waals surface area contributed by atoms with E-state index < -0.39 is 5.82 Å². The predicted molar refractivity (Wildman–Crippen MR) is 113 cm³/mol. The van der Waals surface area contributed by atoms with E-state index in [1.807, 2.05) is 26.0 Å². The number of thiazole rings is 1. The highest BCUT2D eigenvalue weighted by molar-refractivity contribution is 7.20. The Labute approximate surface area is 175 Å². The number of halogens is 2. The molecule has 0 unspecified atom stereocenters. The van der Waals surface area contributed by atoms with Crippen molar-refractivity contribution < 1.29 is 9.18 Å². The molecule has 2 aromatic heterocycles. The molecule has 1 amide bonds. The van der Waals surface area contributed by atoms with Crippen LogP contribution in [0.1, 0.15) is 34.7 Å². The molecule has 0 spiro atoms. The second-order valence-corrected chi connectivity index (χ2v) is 8.61. The van der Waals surface area contributed by atoms with E-state index in [1.54, 1.807) is 10.7 Å². The van der Waals surface area contributed by atoms with E-state index in [1.165, 1.54) is 23.5 Å². The summed E-state index contributed by atoms with van der Waals surface area (Å²) in [5.74, 6) is -0.241. The molecule has 5 nitrogen and oxygen atoms in total. The number of amides is 1. The Hall–Kier alpha value is -2.77. The van der Waals surface area contributed by atoms with Crippen LogP contribution >= 0.6 is 22.9 Å². The van der Waals surface area contributed by atoms with Crippen LogP contribution in [-0.2, 0) is 4.79 Å². The zero-order valence-electron chi connectivity index (χ0n) is 15.7. The Kier molecular flexibility index (Phi) is 4.18. The van der Waals surface area contributed by atoms with Crippen molar-refractivity contribution in [1.82, 2.24) is 14.8 Å². The smallest absolute Gasteiger partial charge is 0.226 e. The van der Waals surface area contributed by atoms with Crippen LogP contribution in [0.5, 0.6) is 0 Å². The molecule has 1 aliphatic heterocycles. The predicted octanol–water partition coefficient (Wildman–Crippen LogP) is 5.37. The van der Waals surface area contributed by atoms with E-state index in [-0.39, 0.29) is 18.2 Å². The summed E-state index contributed by atoms with van der Waals surface area (Å²) < 4.78 is 16.3. The lowest BCUT2D eigenvalue weighted by Crippen LogP contribution is -2.25. The summed E-state index contributed by atoms with van der Waals surface area (Å²) in [4.78, 5) is 17.2. The molecule has 29 heavy (non-hydrogen) atoms. The van der Waals surface area contributed by atoms with Crippen molar-refractivity contribution in [2.24, 2.45) is 0 Å². The van der Waals surface area contributed by atoms with E-state index in [0.29, 0.717) is 21.5 Å². The largest absolute Gasteiger partial charge is 0.310 e. The van der Waals surface area contributed by atoms with Gasteiger partial charge in [-0.25, -0.2) is 9.37 Å². The molecular weight excluding hydrogens is 411 g/mol. The average Bonchev–Trinajstić information content (AvgIpc) is 3.21. The van der Waals surface area contributed by atoms with Crippen molar-refractivity contribution in [3.63, 3.8) is 0 Å². The number of anilines is 1. The fourth-order valence-electron chi connectivity index (χ4n) is 3.85. The van der Waals surface area contributed by atoms with E-state index in [9.17, 15) is 9.18 Å². The molecule has 4 aromatic rings. The van der Waals surface area contributed by atoms with Crippen LogP contribution in [0.3, 0.4) is 0 Å². The summed E-state index contributed by atoms with van der Waals surface area (Å²) in [6.45, 7) is 3.94. The van der Waals surface area contributed by atoms with Gasteiger partial charge in [0.25, 0.3) is 0 Å². The second-order valence-electron chi connectivity index (χ2n) is 7.20. The highest BCUT2D eigenvalue weighted by atomic mass is 35.5. The van der Waals surface area contributed by atoms with Gasteiger partial charge in [-0.1, -0.05) is 35.1 Å². The van der Waals surface area contributed by atoms with Crippen molar-refractivity contribution in [3.05, 3.63) is 69.6 Å².